The molecule has 7 heteroatoms. The van der Waals surface area contributed by atoms with Crippen molar-refractivity contribution >= 4 is 23.5 Å². The van der Waals surface area contributed by atoms with Gasteiger partial charge in [0.2, 0.25) is 0 Å². The van der Waals surface area contributed by atoms with Gasteiger partial charge in [-0.15, -0.1) is 0 Å². The largest absolute Gasteiger partial charge is 0.466 e. The van der Waals surface area contributed by atoms with Gasteiger partial charge in [-0.05, 0) is 50.6 Å². The number of benzene rings is 1. The lowest BCUT2D eigenvalue weighted by atomic mass is 10.2. The van der Waals surface area contributed by atoms with Crippen LogP contribution >= 0.6 is 0 Å². The first kappa shape index (κ1) is 19.2. The quantitative estimate of drug-likeness (QED) is 0.763. The van der Waals surface area contributed by atoms with Gasteiger partial charge in [0.1, 0.15) is 17.1 Å². The molecule has 0 fully saturated rings. The van der Waals surface area contributed by atoms with Crippen molar-refractivity contribution in [2.24, 2.45) is 0 Å². The van der Waals surface area contributed by atoms with E-state index >= 15 is 0 Å². The van der Waals surface area contributed by atoms with Crippen molar-refractivity contribution in [2.45, 2.75) is 27.2 Å². The molecule has 0 aliphatic heterocycles. The molecule has 26 heavy (non-hydrogen) atoms. The van der Waals surface area contributed by atoms with Crippen LogP contribution in [0.15, 0.2) is 34.7 Å². The number of carbonyl (C=O) groups is 3. The summed E-state index contributed by atoms with van der Waals surface area (Å²) in [6.45, 7) is 5.21. The maximum atomic E-state index is 11.9. The van der Waals surface area contributed by atoms with Crippen LogP contribution in [0.4, 0.5) is 5.69 Å². The molecule has 0 saturated carbocycles. The number of amides is 1. The normalized spacial score (nSPS) is 10.3. The minimum absolute atomic E-state index is 0.297. The van der Waals surface area contributed by atoms with E-state index in [9.17, 15) is 14.4 Å². The highest BCUT2D eigenvalue weighted by molar-refractivity contribution is 5.96. The topological polar surface area (TPSA) is 94.8 Å². The minimum atomic E-state index is -0.622. The first-order valence-electron chi connectivity index (χ1n) is 8.22. The van der Waals surface area contributed by atoms with E-state index in [2.05, 4.69) is 5.32 Å². The van der Waals surface area contributed by atoms with E-state index < -0.39 is 24.5 Å². The lowest BCUT2D eigenvalue weighted by Crippen LogP contribution is -2.21. The van der Waals surface area contributed by atoms with Crippen molar-refractivity contribution in [3.05, 3.63) is 53.0 Å². The number of rotatable bonds is 7. The molecule has 0 spiro atoms. The molecule has 0 aliphatic rings. The van der Waals surface area contributed by atoms with Gasteiger partial charge < -0.3 is 19.2 Å². The molecule has 1 aromatic heterocycles. The summed E-state index contributed by atoms with van der Waals surface area (Å²) in [6.07, 6.45) is 0.747. The number of hydrogen-bond acceptors (Lipinski definition) is 6. The first-order chi connectivity index (χ1) is 12.4. The van der Waals surface area contributed by atoms with Gasteiger partial charge in [0.25, 0.3) is 5.91 Å². The van der Waals surface area contributed by atoms with E-state index in [1.807, 2.05) is 6.92 Å². The van der Waals surface area contributed by atoms with Crippen molar-refractivity contribution in [3.8, 4) is 0 Å². The molecule has 0 saturated heterocycles. The zero-order valence-corrected chi connectivity index (χ0v) is 15.0. The molecule has 1 N–H and O–H groups in total. The van der Waals surface area contributed by atoms with E-state index in [-0.39, 0.29) is 0 Å². The molecule has 138 valence electrons. The van der Waals surface area contributed by atoms with Gasteiger partial charge in [-0.3, -0.25) is 4.79 Å². The van der Waals surface area contributed by atoms with Gasteiger partial charge in [-0.25, -0.2) is 9.59 Å². The van der Waals surface area contributed by atoms with Crippen LogP contribution in [-0.2, 0) is 14.3 Å². The molecular formula is C19H21NO6. The smallest absolute Gasteiger partial charge is 0.342 e. The highest BCUT2D eigenvalue weighted by Gasteiger charge is 2.16. The maximum Gasteiger partial charge on any atom is 0.342 e. The average molecular weight is 359 g/mol. The van der Waals surface area contributed by atoms with Crippen LogP contribution < -0.4 is 5.32 Å². The molecule has 2 rings (SSSR count). The van der Waals surface area contributed by atoms with Gasteiger partial charge in [0, 0.05) is 5.69 Å². The fourth-order valence-electron chi connectivity index (χ4n) is 2.21. The predicted octanol–water partition coefficient (Wildman–Crippen LogP) is 3.26. The zero-order valence-electron chi connectivity index (χ0n) is 15.0. The first-order valence-corrected chi connectivity index (χ1v) is 8.22. The van der Waals surface area contributed by atoms with Crippen LogP contribution in [0.2, 0.25) is 0 Å². The summed E-state index contributed by atoms with van der Waals surface area (Å²) in [7, 11) is 0. The second kappa shape index (κ2) is 8.84. The molecule has 0 unspecified atom stereocenters. The number of furan rings is 1. The Balaban J connectivity index is 1.85. The standard InChI is InChI=1S/C19H21NO6/c1-4-9-24-18(22)14-5-7-15(8-6-14)20-17(21)11-25-19(23)16-10-12(2)26-13(16)3/h5-8,10H,4,9,11H2,1-3H3,(H,20,21). The third-order valence-electron chi connectivity index (χ3n) is 3.44. The molecule has 1 heterocycles. The molecular weight excluding hydrogens is 338 g/mol. The van der Waals surface area contributed by atoms with Gasteiger partial charge in [0.15, 0.2) is 6.61 Å². The third-order valence-corrected chi connectivity index (χ3v) is 3.44. The second-order valence-corrected chi connectivity index (χ2v) is 5.66. The van der Waals surface area contributed by atoms with Crippen LogP contribution in [-0.4, -0.2) is 31.1 Å². The highest BCUT2D eigenvalue weighted by atomic mass is 16.5. The SMILES string of the molecule is CCCOC(=O)c1ccc(NC(=O)COC(=O)c2cc(C)oc2C)cc1. The number of aryl methyl sites for hydroxylation is 2. The Morgan fingerprint density at radius 3 is 2.31 bits per heavy atom. The number of nitrogens with one attached hydrogen (secondary N) is 1. The summed E-state index contributed by atoms with van der Waals surface area (Å²) in [4.78, 5) is 35.5. The molecule has 0 bridgehead atoms. The summed E-state index contributed by atoms with van der Waals surface area (Å²) in [6, 6.07) is 7.82. The Bertz CT molecular complexity index is 791. The van der Waals surface area contributed by atoms with Crippen molar-refractivity contribution < 1.29 is 28.3 Å². The van der Waals surface area contributed by atoms with Crippen LogP contribution in [0.1, 0.15) is 45.6 Å². The van der Waals surface area contributed by atoms with Gasteiger partial charge in [0.05, 0.1) is 12.2 Å². The summed E-state index contributed by atoms with van der Waals surface area (Å²) in [5.41, 5.74) is 1.17. The van der Waals surface area contributed by atoms with E-state index in [1.54, 1.807) is 44.2 Å². The second-order valence-electron chi connectivity index (χ2n) is 5.66. The van der Waals surface area contributed by atoms with Gasteiger partial charge >= 0.3 is 11.9 Å². The van der Waals surface area contributed by atoms with E-state index in [4.69, 9.17) is 13.9 Å². The number of hydrogen-bond donors (Lipinski definition) is 1. The number of anilines is 1. The highest BCUT2D eigenvalue weighted by Crippen LogP contribution is 2.15. The summed E-state index contributed by atoms with van der Waals surface area (Å²) in [5.74, 6) is -0.486. The van der Waals surface area contributed by atoms with Crippen LogP contribution in [0, 0.1) is 13.8 Å². The molecule has 2 aromatic rings. The fourth-order valence-corrected chi connectivity index (χ4v) is 2.21. The molecule has 1 amide bonds. The van der Waals surface area contributed by atoms with Crippen molar-refractivity contribution in [1.29, 1.82) is 0 Å². The van der Waals surface area contributed by atoms with E-state index in [1.165, 1.54) is 0 Å². The van der Waals surface area contributed by atoms with E-state index in [0.717, 1.165) is 6.42 Å². The Morgan fingerprint density at radius 1 is 1.04 bits per heavy atom. The maximum absolute atomic E-state index is 11.9. The Hall–Kier alpha value is -3.09. The van der Waals surface area contributed by atoms with Crippen molar-refractivity contribution in [3.63, 3.8) is 0 Å². The summed E-state index contributed by atoms with van der Waals surface area (Å²) < 4.78 is 15.3. The molecule has 0 atom stereocenters. The molecule has 1 aromatic carbocycles. The molecule has 0 radical (unpaired) electrons. The summed E-state index contributed by atoms with van der Waals surface area (Å²) in [5, 5.41) is 2.59. The lowest BCUT2D eigenvalue weighted by Gasteiger charge is -2.07. The number of ether oxygens (including phenoxy) is 2. The molecule has 0 aliphatic carbocycles. The van der Waals surface area contributed by atoms with Gasteiger partial charge in [-0.1, -0.05) is 6.92 Å². The third kappa shape index (κ3) is 5.20. The Morgan fingerprint density at radius 2 is 1.73 bits per heavy atom. The van der Waals surface area contributed by atoms with Crippen LogP contribution in [0.25, 0.3) is 0 Å². The molecule has 7 nitrogen and oxygen atoms in total. The lowest BCUT2D eigenvalue weighted by molar-refractivity contribution is -0.119. The van der Waals surface area contributed by atoms with Crippen molar-refractivity contribution in [1.82, 2.24) is 0 Å². The van der Waals surface area contributed by atoms with Gasteiger partial charge in [-0.2, -0.15) is 0 Å². The Labute approximate surface area is 151 Å². The average Bonchev–Trinajstić information content (AvgIpc) is 2.96. The van der Waals surface area contributed by atoms with Crippen LogP contribution in [0.3, 0.4) is 0 Å². The fraction of sp³-hybridized carbons (Fsp3) is 0.316. The summed E-state index contributed by atoms with van der Waals surface area (Å²) >= 11 is 0. The van der Waals surface area contributed by atoms with E-state index in [0.29, 0.717) is 34.9 Å². The Kier molecular flexibility index (Phi) is 6.54. The zero-order chi connectivity index (χ0) is 19.1. The number of esters is 2. The number of carbonyl (C=O) groups excluding carboxylic acids is 3. The van der Waals surface area contributed by atoms with Crippen molar-refractivity contribution in [2.75, 3.05) is 18.5 Å². The minimum Gasteiger partial charge on any atom is -0.466 e. The van der Waals surface area contributed by atoms with Crippen LogP contribution in [0.5, 0.6) is 0 Å². The monoisotopic (exact) mass is 359 g/mol. The predicted molar refractivity (Wildman–Crippen MR) is 94.1 cm³/mol.